The average Bonchev–Trinajstić information content (AvgIpc) is 2.37. The molecule has 1 aromatic carbocycles. The van der Waals surface area contributed by atoms with Gasteiger partial charge in [-0.15, -0.1) is 18.3 Å². The first-order valence-electron chi connectivity index (χ1n) is 5.49. The Bertz CT molecular complexity index is 437. The molecule has 0 spiro atoms. The van der Waals surface area contributed by atoms with Crippen molar-refractivity contribution in [3.8, 4) is 0 Å². The molecule has 0 heterocycles. The molecule has 5 heteroatoms. The van der Waals surface area contributed by atoms with E-state index in [0.717, 1.165) is 6.07 Å². The fraction of sp³-hybridized carbons (Fsp3) is 0.308. The number of carbonyl (C=O) groups is 1. The first-order valence-corrected chi connectivity index (χ1v) is 6.54. The Hall–Kier alpha value is -1.36. The molecule has 98 valence electrons. The van der Waals surface area contributed by atoms with Gasteiger partial charge in [0, 0.05) is 17.9 Å². The highest BCUT2D eigenvalue weighted by Gasteiger charge is 2.14. The third-order valence-electron chi connectivity index (χ3n) is 2.31. The van der Waals surface area contributed by atoms with E-state index in [1.807, 2.05) is 0 Å². The van der Waals surface area contributed by atoms with Gasteiger partial charge in [-0.3, -0.25) is 4.79 Å². The third kappa shape index (κ3) is 4.14. The predicted octanol–water partition coefficient (Wildman–Crippen LogP) is 2.89. The van der Waals surface area contributed by atoms with E-state index in [4.69, 9.17) is 0 Å². The van der Waals surface area contributed by atoms with Gasteiger partial charge < -0.3 is 5.32 Å². The second kappa shape index (κ2) is 7.16. The topological polar surface area (TPSA) is 29.1 Å². The number of rotatable bonds is 6. The molecule has 18 heavy (non-hydrogen) atoms. The van der Waals surface area contributed by atoms with E-state index >= 15 is 0 Å². The Kier molecular flexibility index (Phi) is 5.85. The van der Waals surface area contributed by atoms with Crippen LogP contribution < -0.4 is 5.32 Å². The largest absolute Gasteiger partial charge is 0.352 e. The van der Waals surface area contributed by atoms with Crippen LogP contribution in [0.5, 0.6) is 0 Å². The first-order chi connectivity index (χ1) is 8.56. The monoisotopic (exact) mass is 271 g/mol. The van der Waals surface area contributed by atoms with Gasteiger partial charge in [0.1, 0.15) is 0 Å². The fourth-order valence-electron chi connectivity index (χ4n) is 1.27. The second-order valence-corrected chi connectivity index (χ2v) is 5.03. The Morgan fingerprint density at radius 3 is 2.94 bits per heavy atom. The standard InChI is InChI=1S/C13H15F2NOS/c1-3-7-16-13(17)9(2)18-8-10-5-4-6-11(14)12(10)15/h3-6,9H,1,7-8H2,2H3,(H,16,17). The Labute approximate surface area is 109 Å². The van der Waals surface area contributed by atoms with Gasteiger partial charge in [0.05, 0.1) is 5.25 Å². The van der Waals surface area contributed by atoms with Crippen molar-refractivity contribution in [2.75, 3.05) is 6.54 Å². The summed E-state index contributed by atoms with van der Waals surface area (Å²) in [6.45, 7) is 5.62. The molecule has 1 aromatic rings. The SMILES string of the molecule is C=CCNC(=O)C(C)SCc1cccc(F)c1F. The molecule has 0 fully saturated rings. The molecule has 2 nitrogen and oxygen atoms in total. The van der Waals surface area contributed by atoms with Crippen molar-refractivity contribution in [3.05, 3.63) is 48.1 Å². The molecule has 1 rings (SSSR count). The molecule has 0 radical (unpaired) electrons. The van der Waals surface area contributed by atoms with Crippen molar-refractivity contribution in [1.82, 2.24) is 5.32 Å². The number of hydrogen-bond acceptors (Lipinski definition) is 2. The molecule has 1 amide bonds. The van der Waals surface area contributed by atoms with Crippen LogP contribution in [0.1, 0.15) is 12.5 Å². The van der Waals surface area contributed by atoms with Crippen LogP contribution in [-0.2, 0) is 10.5 Å². The zero-order valence-electron chi connectivity index (χ0n) is 10.1. The molecule has 0 saturated heterocycles. The molecule has 0 aromatic heterocycles. The van der Waals surface area contributed by atoms with E-state index in [9.17, 15) is 13.6 Å². The molecule has 0 saturated carbocycles. The van der Waals surface area contributed by atoms with Crippen molar-refractivity contribution in [2.24, 2.45) is 0 Å². The van der Waals surface area contributed by atoms with Gasteiger partial charge in [0.15, 0.2) is 11.6 Å². The number of benzene rings is 1. The number of carbonyl (C=O) groups excluding carboxylic acids is 1. The summed E-state index contributed by atoms with van der Waals surface area (Å²) in [6.07, 6.45) is 1.58. The number of amides is 1. The van der Waals surface area contributed by atoms with Gasteiger partial charge in [0.25, 0.3) is 0 Å². The smallest absolute Gasteiger partial charge is 0.233 e. The maximum atomic E-state index is 13.4. The second-order valence-electron chi connectivity index (χ2n) is 3.70. The van der Waals surface area contributed by atoms with E-state index in [-0.39, 0.29) is 22.5 Å². The van der Waals surface area contributed by atoms with E-state index < -0.39 is 11.6 Å². The maximum Gasteiger partial charge on any atom is 0.233 e. The van der Waals surface area contributed by atoms with E-state index in [1.165, 1.54) is 23.9 Å². The molecule has 1 unspecified atom stereocenters. The van der Waals surface area contributed by atoms with Gasteiger partial charge in [-0.2, -0.15) is 0 Å². The molecular weight excluding hydrogens is 256 g/mol. The fourth-order valence-corrected chi connectivity index (χ4v) is 2.15. The minimum Gasteiger partial charge on any atom is -0.352 e. The van der Waals surface area contributed by atoms with Gasteiger partial charge in [-0.1, -0.05) is 18.2 Å². The van der Waals surface area contributed by atoms with Gasteiger partial charge in [-0.25, -0.2) is 8.78 Å². The Balaban J connectivity index is 2.52. The van der Waals surface area contributed by atoms with Gasteiger partial charge in [-0.05, 0) is 13.0 Å². The predicted molar refractivity (Wildman–Crippen MR) is 70.3 cm³/mol. The molecule has 0 bridgehead atoms. The zero-order chi connectivity index (χ0) is 13.5. The van der Waals surface area contributed by atoms with Crippen molar-refractivity contribution in [3.63, 3.8) is 0 Å². The summed E-state index contributed by atoms with van der Waals surface area (Å²) in [4.78, 5) is 11.5. The van der Waals surface area contributed by atoms with Crippen LogP contribution in [0, 0.1) is 11.6 Å². The average molecular weight is 271 g/mol. The lowest BCUT2D eigenvalue weighted by Gasteiger charge is -2.11. The summed E-state index contributed by atoms with van der Waals surface area (Å²) in [5.41, 5.74) is 0.267. The van der Waals surface area contributed by atoms with Crippen molar-refractivity contribution >= 4 is 17.7 Å². The summed E-state index contributed by atoms with van der Waals surface area (Å²) < 4.78 is 26.3. The number of nitrogens with one attached hydrogen (secondary N) is 1. The van der Waals surface area contributed by atoms with Crippen molar-refractivity contribution < 1.29 is 13.6 Å². The molecule has 1 N–H and O–H groups in total. The summed E-state index contributed by atoms with van der Waals surface area (Å²) >= 11 is 1.26. The van der Waals surface area contributed by atoms with E-state index in [2.05, 4.69) is 11.9 Å². The molecule has 0 aliphatic rings. The number of halogens is 2. The van der Waals surface area contributed by atoms with Crippen LogP contribution in [0.25, 0.3) is 0 Å². The number of thioether (sulfide) groups is 1. The molecule has 1 atom stereocenters. The summed E-state index contributed by atoms with van der Waals surface area (Å²) in [5.74, 6) is -1.59. The molecule has 0 aliphatic carbocycles. The zero-order valence-corrected chi connectivity index (χ0v) is 10.9. The highest BCUT2D eigenvalue weighted by molar-refractivity contribution is 7.99. The van der Waals surface area contributed by atoms with E-state index in [1.54, 1.807) is 13.0 Å². The summed E-state index contributed by atoms with van der Waals surface area (Å²) in [6, 6.07) is 4.04. The third-order valence-corrected chi connectivity index (χ3v) is 3.50. The molecule has 0 aliphatic heterocycles. The lowest BCUT2D eigenvalue weighted by molar-refractivity contribution is -0.120. The van der Waals surface area contributed by atoms with Gasteiger partial charge >= 0.3 is 0 Å². The number of hydrogen-bond donors (Lipinski definition) is 1. The van der Waals surface area contributed by atoms with Gasteiger partial charge in [0.2, 0.25) is 5.91 Å². The minimum atomic E-state index is -0.864. The van der Waals surface area contributed by atoms with Crippen LogP contribution in [0.2, 0.25) is 0 Å². The van der Waals surface area contributed by atoms with Crippen LogP contribution in [0.4, 0.5) is 8.78 Å². The van der Waals surface area contributed by atoms with Crippen LogP contribution in [-0.4, -0.2) is 17.7 Å². The quantitative estimate of drug-likeness (QED) is 0.806. The van der Waals surface area contributed by atoms with Crippen LogP contribution >= 0.6 is 11.8 Å². The lowest BCUT2D eigenvalue weighted by Crippen LogP contribution is -2.30. The maximum absolute atomic E-state index is 13.4. The van der Waals surface area contributed by atoms with Crippen LogP contribution in [0.3, 0.4) is 0 Å². The Morgan fingerprint density at radius 1 is 1.56 bits per heavy atom. The van der Waals surface area contributed by atoms with Crippen LogP contribution in [0.15, 0.2) is 30.9 Å². The molecular formula is C13H15F2NOS. The highest BCUT2D eigenvalue weighted by Crippen LogP contribution is 2.21. The normalized spacial score (nSPS) is 11.9. The van der Waals surface area contributed by atoms with Crippen molar-refractivity contribution in [2.45, 2.75) is 17.9 Å². The highest BCUT2D eigenvalue weighted by atomic mass is 32.2. The lowest BCUT2D eigenvalue weighted by atomic mass is 10.2. The summed E-state index contributed by atoms with van der Waals surface area (Å²) in [5, 5.41) is 2.32. The Morgan fingerprint density at radius 2 is 2.28 bits per heavy atom. The van der Waals surface area contributed by atoms with Crippen molar-refractivity contribution in [1.29, 1.82) is 0 Å². The van der Waals surface area contributed by atoms with E-state index in [0.29, 0.717) is 6.54 Å². The first kappa shape index (κ1) is 14.7. The summed E-state index contributed by atoms with van der Waals surface area (Å²) in [7, 11) is 0. The minimum absolute atomic E-state index is 0.142.